The molecule has 2 aromatic rings. The minimum atomic E-state index is 0.466. The fourth-order valence-corrected chi connectivity index (χ4v) is 4.22. The van der Waals surface area contributed by atoms with Crippen molar-refractivity contribution in [2.24, 2.45) is 11.3 Å². The van der Waals surface area contributed by atoms with Gasteiger partial charge in [-0.05, 0) is 55.7 Å². The molecule has 1 aliphatic rings. The fraction of sp³-hybridized carbons (Fsp3) is 0.611. The molecule has 0 saturated heterocycles. The van der Waals surface area contributed by atoms with E-state index in [2.05, 4.69) is 31.4 Å². The van der Waals surface area contributed by atoms with Gasteiger partial charge in [0.2, 0.25) is 0 Å². The summed E-state index contributed by atoms with van der Waals surface area (Å²) in [5.74, 6) is 1.87. The fourth-order valence-electron chi connectivity index (χ4n) is 4.22. The van der Waals surface area contributed by atoms with E-state index < -0.39 is 0 Å². The van der Waals surface area contributed by atoms with Crippen molar-refractivity contribution >= 4 is 16.7 Å². The molecule has 1 heterocycles. The number of rotatable bonds is 4. The predicted molar refractivity (Wildman–Crippen MR) is 89.2 cm³/mol. The minimum Gasteiger partial charge on any atom is -0.399 e. The number of aryl methyl sites for hydroxylation is 1. The molecule has 0 unspecified atom stereocenters. The summed E-state index contributed by atoms with van der Waals surface area (Å²) in [5.41, 5.74) is 9.42. The maximum Gasteiger partial charge on any atom is 0.106 e. The smallest absolute Gasteiger partial charge is 0.106 e. The van der Waals surface area contributed by atoms with Crippen molar-refractivity contribution in [2.45, 2.75) is 59.4 Å². The summed E-state index contributed by atoms with van der Waals surface area (Å²) in [4.78, 5) is 4.71. The number of nitrogens with two attached hydrogens (primary N) is 1. The number of anilines is 1. The van der Waals surface area contributed by atoms with Crippen molar-refractivity contribution in [3.8, 4) is 0 Å². The number of imidazole rings is 1. The highest BCUT2D eigenvalue weighted by molar-refractivity contribution is 5.79. The second-order valence-electron chi connectivity index (χ2n) is 7.30. The van der Waals surface area contributed by atoms with Crippen molar-refractivity contribution in [1.82, 2.24) is 9.55 Å². The Labute approximate surface area is 127 Å². The van der Waals surface area contributed by atoms with E-state index in [1.807, 2.05) is 12.1 Å². The van der Waals surface area contributed by atoms with Crippen molar-refractivity contribution in [2.75, 3.05) is 5.73 Å². The van der Waals surface area contributed by atoms with E-state index in [-0.39, 0.29) is 0 Å². The molecular formula is C18H27N3. The highest BCUT2D eigenvalue weighted by Gasteiger charge is 2.35. The first-order valence-corrected chi connectivity index (χ1v) is 8.21. The van der Waals surface area contributed by atoms with Crippen LogP contribution in [0.1, 0.15) is 51.8 Å². The van der Waals surface area contributed by atoms with E-state index in [9.17, 15) is 0 Å². The quantitative estimate of drug-likeness (QED) is 0.838. The molecule has 3 heteroatoms. The molecule has 1 aromatic heterocycles. The molecule has 3 rings (SSSR count). The molecule has 0 spiro atoms. The average molecular weight is 285 g/mol. The zero-order chi connectivity index (χ0) is 15.0. The molecule has 1 fully saturated rings. The normalized spacial score (nSPS) is 17.9. The van der Waals surface area contributed by atoms with Crippen LogP contribution in [0.15, 0.2) is 18.2 Å². The van der Waals surface area contributed by atoms with Gasteiger partial charge >= 0.3 is 0 Å². The topological polar surface area (TPSA) is 43.8 Å². The summed E-state index contributed by atoms with van der Waals surface area (Å²) in [6, 6.07) is 6.11. The second kappa shape index (κ2) is 5.36. The van der Waals surface area contributed by atoms with E-state index in [0.717, 1.165) is 29.5 Å². The summed E-state index contributed by atoms with van der Waals surface area (Å²) in [5, 5.41) is 0. The molecule has 0 amide bonds. The maximum atomic E-state index is 5.89. The first-order chi connectivity index (χ1) is 9.99. The Morgan fingerprint density at radius 1 is 1.29 bits per heavy atom. The van der Waals surface area contributed by atoms with Gasteiger partial charge in [0.1, 0.15) is 5.82 Å². The van der Waals surface area contributed by atoms with E-state index in [1.165, 1.54) is 37.6 Å². The van der Waals surface area contributed by atoms with E-state index in [1.54, 1.807) is 0 Å². The van der Waals surface area contributed by atoms with Gasteiger partial charge < -0.3 is 10.3 Å². The lowest BCUT2D eigenvalue weighted by atomic mass is 9.78. The molecule has 2 N–H and O–H groups in total. The molecule has 1 saturated carbocycles. The van der Waals surface area contributed by atoms with E-state index >= 15 is 0 Å². The number of aromatic nitrogens is 2. The summed E-state index contributed by atoms with van der Waals surface area (Å²) in [7, 11) is 0. The van der Waals surface area contributed by atoms with E-state index in [0.29, 0.717) is 5.41 Å². The number of benzene rings is 1. The zero-order valence-electron chi connectivity index (χ0n) is 13.5. The number of nitrogens with zero attached hydrogens (tertiary/aromatic N) is 2. The number of hydrogen-bond donors (Lipinski definition) is 1. The largest absolute Gasteiger partial charge is 0.399 e. The molecule has 3 nitrogen and oxygen atoms in total. The van der Waals surface area contributed by atoms with Crippen molar-refractivity contribution in [3.63, 3.8) is 0 Å². The lowest BCUT2D eigenvalue weighted by molar-refractivity contribution is 0.198. The summed E-state index contributed by atoms with van der Waals surface area (Å²) >= 11 is 0. The van der Waals surface area contributed by atoms with Crippen LogP contribution < -0.4 is 5.73 Å². The van der Waals surface area contributed by atoms with Gasteiger partial charge in [-0.1, -0.05) is 26.7 Å². The van der Waals surface area contributed by atoms with Gasteiger partial charge in [0.05, 0.1) is 11.0 Å². The Hall–Kier alpha value is -1.51. The van der Waals surface area contributed by atoms with Crippen LogP contribution in [0, 0.1) is 18.3 Å². The van der Waals surface area contributed by atoms with Gasteiger partial charge in [-0.2, -0.15) is 0 Å². The standard InChI is InChI=1S/C18H27N3/c1-13(2)11-18(8-4-5-9-18)12-21-14(3)20-16-10-15(19)6-7-17(16)21/h6-7,10,13H,4-5,8-9,11-12,19H2,1-3H3. The van der Waals surface area contributed by atoms with Crippen LogP contribution >= 0.6 is 0 Å². The van der Waals surface area contributed by atoms with Gasteiger partial charge in [-0.15, -0.1) is 0 Å². The van der Waals surface area contributed by atoms with Crippen LogP contribution in [0.25, 0.3) is 11.0 Å². The molecule has 0 radical (unpaired) electrons. The van der Waals surface area contributed by atoms with Gasteiger partial charge in [-0.3, -0.25) is 0 Å². The number of nitrogen functional groups attached to an aromatic ring is 1. The van der Waals surface area contributed by atoms with Crippen LogP contribution in [-0.2, 0) is 6.54 Å². The highest BCUT2D eigenvalue weighted by atomic mass is 15.1. The molecule has 0 atom stereocenters. The molecule has 0 aliphatic heterocycles. The van der Waals surface area contributed by atoms with E-state index in [4.69, 9.17) is 10.7 Å². The summed E-state index contributed by atoms with van der Waals surface area (Å²) in [6.45, 7) is 7.92. The van der Waals surface area contributed by atoms with Gasteiger partial charge in [0.25, 0.3) is 0 Å². The maximum absolute atomic E-state index is 5.89. The van der Waals surface area contributed by atoms with Crippen LogP contribution in [0.3, 0.4) is 0 Å². The lowest BCUT2D eigenvalue weighted by Gasteiger charge is -2.32. The monoisotopic (exact) mass is 285 g/mol. The van der Waals surface area contributed by atoms with Crippen molar-refractivity contribution in [3.05, 3.63) is 24.0 Å². The Balaban J connectivity index is 1.98. The van der Waals surface area contributed by atoms with Crippen LogP contribution in [-0.4, -0.2) is 9.55 Å². The lowest BCUT2D eigenvalue weighted by Crippen LogP contribution is -2.26. The molecule has 0 bridgehead atoms. The van der Waals surface area contributed by atoms with Crippen molar-refractivity contribution < 1.29 is 0 Å². The first-order valence-electron chi connectivity index (χ1n) is 8.21. The zero-order valence-corrected chi connectivity index (χ0v) is 13.5. The Morgan fingerprint density at radius 2 is 2.00 bits per heavy atom. The summed E-state index contributed by atoms with van der Waals surface area (Å²) < 4.78 is 2.42. The van der Waals surface area contributed by atoms with Crippen LogP contribution in [0.4, 0.5) is 5.69 Å². The molecule has 114 valence electrons. The van der Waals surface area contributed by atoms with Gasteiger partial charge in [0, 0.05) is 12.2 Å². The van der Waals surface area contributed by atoms with Crippen LogP contribution in [0.2, 0.25) is 0 Å². The van der Waals surface area contributed by atoms with Gasteiger partial charge in [0.15, 0.2) is 0 Å². The van der Waals surface area contributed by atoms with Gasteiger partial charge in [-0.25, -0.2) is 4.98 Å². The average Bonchev–Trinajstić information content (AvgIpc) is 2.95. The minimum absolute atomic E-state index is 0.466. The third-order valence-electron chi connectivity index (χ3n) is 4.96. The highest BCUT2D eigenvalue weighted by Crippen LogP contribution is 2.45. The van der Waals surface area contributed by atoms with Crippen LogP contribution in [0.5, 0.6) is 0 Å². The third-order valence-corrected chi connectivity index (χ3v) is 4.96. The Kier molecular flexibility index (Phi) is 3.68. The second-order valence-corrected chi connectivity index (χ2v) is 7.30. The van der Waals surface area contributed by atoms with Crippen molar-refractivity contribution in [1.29, 1.82) is 0 Å². The molecule has 21 heavy (non-hydrogen) atoms. The Morgan fingerprint density at radius 3 is 2.67 bits per heavy atom. The summed E-state index contributed by atoms with van der Waals surface area (Å²) in [6.07, 6.45) is 6.80. The predicted octanol–water partition coefficient (Wildman–Crippen LogP) is 4.53. The molecule has 1 aromatic carbocycles. The SMILES string of the molecule is Cc1nc2cc(N)ccc2n1CC1(CC(C)C)CCCC1. The first kappa shape index (κ1) is 14.4. The number of fused-ring (bicyclic) bond motifs is 1. The molecule has 1 aliphatic carbocycles. The molecular weight excluding hydrogens is 258 g/mol. The number of hydrogen-bond acceptors (Lipinski definition) is 2. The Bertz CT molecular complexity index is 633. The third kappa shape index (κ3) is 2.78.